The summed E-state index contributed by atoms with van der Waals surface area (Å²) in [6.07, 6.45) is 9.83. The molecule has 0 aromatic carbocycles. The predicted molar refractivity (Wildman–Crippen MR) is 151 cm³/mol. The Morgan fingerprint density at radius 1 is 1.00 bits per heavy atom. The maximum Gasteiger partial charge on any atom is 0.274 e. The van der Waals surface area contributed by atoms with E-state index in [1.54, 1.807) is 21.7 Å². The zero-order valence-corrected chi connectivity index (χ0v) is 24.5. The monoisotopic (exact) mass is 582 g/mol. The number of hydrogen-bond donors (Lipinski definition) is 2. The zero-order chi connectivity index (χ0) is 29.6. The van der Waals surface area contributed by atoms with Crippen molar-refractivity contribution in [3.8, 4) is 0 Å². The summed E-state index contributed by atoms with van der Waals surface area (Å²) < 4.78 is 29.7. The van der Waals surface area contributed by atoms with Gasteiger partial charge in [0.25, 0.3) is 5.91 Å². The second-order valence-electron chi connectivity index (χ2n) is 13.8. The Balaban J connectivity index is 1.24. The van der Waals surface area contributed by atoms with Crippen LogP contribution in [0, 0.1) is 23.2 Å². The van der Waals surface area contributed by atoms with Crippen molar-refractivity contribution in [2.75, 3.05) is 0 Å². The lowest BCUT2D eigenvalue weighted by Gasteiger charge is -2.33. The molecule has 0 aliphatic heterocycles. The number of hydrogen-bond acceptors (Lipinski definition) is 6. The van der Waals surface area contributed by atoms with Crippen LogP contribution < -0.4 is 10.6 Å². The van der Waals surface area contributed by atoms with Gasteiger partial charge in [-0.25, -0.2) is 18.3 Å². The van der Waals surface area contributed by atoms with Gasteiger partial charge in [-0.05, 0) is 73.3 Å². The molecule has 226 valence electrons. The fourth-order valence-corrected chi connectivity index (χ4v) is 5.90. The molecular weight excluding hydrogens is 542 g/mol. The van der Waals surface area contributed by atoms with E-state index in [-0.39, 0.29) is 54.7 Å². The summed E-state index contributed by atoms with van der Waals surface area (Å²) >= 11 is 0. The third kappa shape index (κ3) is 6.95. The molecule has 3 saturated carbocycles. The number of fused-ring (bicyclic) bond motifs is 1. The molecule has 12 heteroatoms. The van der Waals surface area contributed by atoms with E-state index in [1.165, 1.54) is 6.20 Å². The second-order valence-corrected chi connectivity index (χ2v) is 13.8. The smallest absolute Gasteiger partial charge is 0.274 e. The van der Waals surface area contributed by atoms with E-state index in [1.807, 2.05) is 26.8 Å². The Bertz CT molecular complexity index is 1440. The maximum atomic E-state index is 14.1. The van der Waals surface area contributed by atoms with Crippen LogP contribution in [0.25, 0.3) is 5.65 Å². The first kappa shape index (κ1) is 28.7. The molecule has 42 heavy (non-hydrogen) atoms. The lowest BCUT2D eigenvalue weighted by molar-refractivity contribution is -0.123. The quantitative estimate of drug-likeness (QED) is 0.346. The van der Waals surface area contributed by atoms with Gasteiger partial charge in [0.05, 0.1) is 42.9 Å². The third-order valence-electron chi connectivity index (χ3n) is 8.55. The molecular formula is C30H40F2N8O2. The number of alkyl halides is 2. The predicted octanol–water partition coefficient (Wildman–Crippen LogP) is 5.03. The van der Waals surface area contributed by atoms with Gasteiger partial charge in [0.15, 0.2) is 11.3 Å². The number of amides is 2. The Kier molecular flexibility index (Phi) is 7.51. The van der Waals surface area contributed by atoms with Crippen LogP contribution in [0.1, 0.15) is 112 Å². The number of imidazole rings is 1. The highest BCUT2D eigenvalue weighted by molar-refractivity contribution is 5.92. The van der Waals surface area contributed by atoms with Gasteiger partial charge in [0, 0.05) is 19.3 Å². The van der Waals surface area contributed by atoms with Crippen molar-refractivity contribution in [2.45, 2.75) is 103 Å². The third-order valence-corrected chi connectivity index (χ3v) is 8.55. The van der Waals surface area contributed by atoms with Gasteiger partial charge in [-0.15, -0.1) is 5.10 Å². The summed E-state index contributed by atoms with van der Waals surface area (Å²) in [5.74, 6) is -2.38. The summed E-state index contributed by atoms with van der Waals surface area (Å²) in [4.78, 5) is 32.4. The van der Waals surface area contributed by atoms with E-state index >= 15 is 0 Å². The van der Waals surface area contributed by atoms with Gasteiger partial charge in [-0.2, -0.15) is 15.0 Å². The minimum atomic E-state index is -2.69. The summed E-state index contributed by atoms with van der Waals surface area (Å²) in [6, 6.07) is 1.19. The number of carbonyl (C=O) groups excluding carboxylic acids is 2. The minimum Gasteiger partial charge on any atom is -0.349 e. The first-order chi connectivity index (χ1) is 19.9. The van der Waals surface area contributed by atoms with E-state index in [0.717, 1.165) is 31.2 Å². The summed E-state index contributed by atoms with van der Waals surface area (Å²) in [7, 11) is 0. The molecule has 10 nitrogen and oxygen atoms in total. The van der Waals surface area contributed by atoms with Crippen molar-refractivity contribution >= 4 is 17.5 Å². The average Bonchev–Trinajstić information content (AvgIpc) is 3.83. The molecule has 3 aliphatic rings. The van der Waals surface area contributed by atoms with Crippen molar-refractivity contribution in [2.24, 2.45) is 23.2 Å². The van der Waals surface area contributed by atoms with Gasteiger partial charge in [0.1, 0.15) is 0 Å². The fraction of sp³-hybridized carbons (Fsp3) is 0.667. The highest BCUT2D eigenvalue weighted by Gasteiger charge is 2.40. The van der Waals surface area contributed by atoms with Crippen molar-refractivity contribution < 1.29 is 18.4 Å². The molecule has 0 spiro atoms. The van der Waals surface area contributed by atoms with Gasteiger partial charge in [-0.3, -0.25) is 9.59 Å². The van der Waals surface area contributed by atoms with Gasteiger partial charge in [-0.1, -0.05) is 20.8 Å². The molecule has 2 amide bonds. The number of nitrogens with one attached hydrogen (secondary N) is 2. The summed E-state index contributed by atoms with van der Waals surface area (Å²) in [5, 5.41) is 19.4. The van der Waals surface area contributed by atoms with Crippen LogP contribution in [-0.2, 0) is 11.3 Å². The van der Waals surface area contributed by atoms with Gasteiger partial charge < -0.3 is 10.6 Å². The Morgan fingerprint density at radius 2 is 1.71 bits per heavy atom. The first-order valence-electron chi connectivity index (χ1n) is 15.2. The molecule has 3 aromatic rings. The molecule has 3 fully saturated rings. The zero-order valence-electron chi connectivity index (χ0n) is 24.5. The van der Waals surface area contributed by atoms with Crippen LogP contribution in [0.5, 0.6) is 0 Å². The Hall–Kier alpha value is -3.44. The number of nitrogens with zero attached hydrogens (tertiary/aromatic N) is 6. The minimum absolute atomic E-state index is 0.00856. The maximum absolute atomic E-state index is 14.1. The summed E-state index contributed by atoms with van der Waals surface area (Å²) in [5.41, 5.74) is 2.10. The molecule has 3 aliphatic carbocycles. The fourth-order valence-electron chi connectivity index (χ4n) is 5.90. The van der Waals surface area contributed by atoms with Crippen LogP contribution in [0.2, 0.25) is 0 Å². The lowest BCUT2D eigenvalue weighted by Crippen LogP contribution is -2.37. The first-order valence-corrected chi connectivity index (χ1v) is 15.2. The van der Waals surface area contributed by atoms with Gasteiger partial charge >= 0.3 is 0 Å². The van der Waals surface area contributed by atoms with Crippen molar-refractivity contribution in [3.05, 3.63) is 41.6 Å². The standard InChI is InChI=1S/C30H40F2N8O2/c1-29(2,3)13-25(41)36-26(19-6-7-19)21-12-24-35-23(17-39(24)33-14-21)27(20-8-10-30(31,32)11-9-20)37-28(42)22-15-34-40(38-22)16-18-4-5-18/h12,14-15,17-20,26-27H,4-11,13,16H2,1-3H3,(H,36,41)(H,37,42)/t26-,27+/m1/s1. The summed E-state index contributed by atoms with van der Waals surface area (Å²) in [6.45, 7) is 6.80. The van der Waals surface area contributed by atoms with Crippen LogP contribution >= 0.6 is 0 Å². The molecule has 0 radical (unpaired) electrons. The normalized spacial score (nSPS) is 20.8. The highest BCUT2D eigenvalue weighted by atomic mass is 19.3. The average molecular weight is 583 g/mol. The topological polar surface area (TPSA) is 119 Å². The van der Waals surface area contributed by atoms with Crippen LogP contribution in [0.15, 0.2) is 24.7 Å². The molecule has 6 rings (SSSR count). The molecule has 2 atom stereocenters. The largest absolute Gasteiger partial charge is 0.349 e. The van der Waals surface area contributed by atoms with Crippen molar-refractivity contribution in [1.29, 1.82) is 0 Å². The number of carbonyl (C=O) groups is 2. The van der Waals surface area contributed by atoms with E-state index < -0.39 is 17.9 Å². The number of halogens is 2. The number of rotatable bonds is 10. The van der Waals surface area contributed by atoms with Crippen LogP contribution in [0.4, 0.5) is 8.78 Å². The molecule has 3 heterocycles. The highest BCUT2D eigenvalue weighted by Crippen LogP contribution is 2.43. The van der Waals surface area contributed by atoms with Crippen LogP contribution in [-0.4, -0.2) is 47.3 Å². The van der Waals surface area contributed by atoms with E-state index in [0.29, 0.717) is 36.1 Å². The Morgan fingerprint density at radius 3 is 2.38 bits per heavy atom. The molecule has 2 N–H and O–H groups in total. The second kappa shape index (κ2) is 11.0. The SMILES string of the molecule is CC(C)(C)CC(=O)N[C@@H](c1cnn2cc([C@@H](NC(=O)c3cnn(CC4CC4)n3)C3CCC(F)(F)CC3)nc2c1)C1CC1. The number of aromatic nitrogens is 6. The van der Waals surface area contributed by atoms with E-state index in [9.17, 15) is 18.4 Å². The lowest BCUT2D eigenvalue weighted by atomic mass is 9.81. The molecule has 0 saturated heterocycles. The van der Waals surface area contributed by atoms with E-state index in [4.69, 9.17) is 4.98 Å². The molecule has 0 unspecified atom stereocenters. The van der Waals surface area contributed by atoms with Crippen LogP contribution in [0.3, 0.4) is 0 Å². The molecule has 3 aromatic heterocycles. The Labute approximate surface area is 244 Å². The molecule has 0 bridgehead atoms. The van der Waals surface area contributed by atoms with Gasteiger partial charge in [0.2, 0.25) is 11.8 Å². The van der Waals surface area contributed by atoms with Crippen molar-refractivity contribution in [3.63, 3.8) is 0 Å². The van der Waals surface area contributed by atoms with E-state index in [2.05, 4.69) is 25.9 Å². The van der Waals surface area contributed by atoms with Crippen molar-refractivity contribution in [1.82, 2.24) is 40.2 Å².